The Kier molecular flexibility index (Phi) is 2.68. The molecular formula is C9H10N2O3S. The maximum atomic E-state index is 11.7. The van der Waals surface area contributed by atoms with E-state index in [0.717, 1.165) is 0 Å². The van der Waals surface area contributed by atoms with Gasteiger partial charge in [0.1, 0.15) is 4.53 Å². The molecule has 0 N–H and O–H groups in total. The minimum Gasteiger partial charge on any atom is -0.463 e. The second-order valence-electron chi connectivity index (χ2n) is 2.98. The normalized spacial score (nSPS) is 14.9. The number of carbonyl (C=O) groups is 1. The van der Waals surface area contributed by atoms with Crippen LogP contribution in [-0.2, 0) is 16.1 Å². The average Bonchev–Trinajstić information content (AvgIpc) is 2.72. The first-order chi connectivity index (χ1) is 7.22. The molecule has 2 heterocycles. The number of thiazole rings is 1. The smallest absolute Gasteiger partial charge is 0.332 e. The fourth-order valence-corrected chi connectivity index (χ4v) is 2.35. The first-order valence-corrected chi connectivity index (χ1v) is 5.46. The molecule has 0 spiro atoms. The van der Waals surface area contributed by atoms with Gasteiger partial charge in [0.15, 0.2) is 4.80 Å². The highest BCUT2D eigenvalue weighted by molar-refractivity contribution is 7.07. The molecule has 1 aromatic rings. The number of fused-ring (bicyclic) bond motifs is 1. The lowest BCUT2D eigenvalue weighted by Crippen LogP contribution is -2.30. The highest BCUT2D eigenvalue weighted by Gasteiger charge is 2.10. The molecule has 0 atom stereocenters. The SMILES string of the molecule is CCOC(=O)/C=c1/sc2n(c1=O)CCN=2. The summed E-state index contributed by atoms with van der Waals surface area (Å²) in [4.78, 5) is 27.7. The fraction of sp³-hybridized carbons (Fsp3) is 0.444. The van der Waals surface area contributed by atoms with Crippen LogP contribution in [-0.4, -0.2) is 23.7 Å². The zero-order valence-corrected chi connectivity index (χ0v) is 9.04. The molecule has 1 aliphatic rings. The number of nitrogens with zero attached hydrogens (tertiary/aromatic N) is 2. The summed E-state index contributed by atoms with van der Waals surface area (Å²) in [6, 6.07) is 0. The summed E-state index contributed by atoms with van der Waals surface area (Å²) >= 11 is 1.23. The van der Waals surface area contributed by atoms with Crippen LogP contribution < -0.4 is 14.9 Å². The Balaban J connectivity index is 2.46. The minimum atomic E-state index is -0.477. The number of rotatable bonds is 2. The lowest BCUT2D eigenvalue weighted by molar-refractivity contribution is -0.135. The molecule has 0 aliphatic carbocycles. The molecule has 15 heavy (non-hydrogen) atoms. The summed E-state index contributed by atoms with van der Waals surface area (Å²) in [5.41, 5.74) is -0.149. The van der Waals surface area contributed by atoms with E-state index in [9.17, 15) is 9.59 Å². The van der Waals surface area contributed by atoms with Crippen LogP contribution in [0.2, 0.25) is 0 Å². The van der Waals surface area contributed by atoms with Crippen LogP contribution in [0.15, 0.2) is 9.79 Å². The van der Waals surface area contributed by atoms with Crippen molar-refractivity contribution in [3.05, 3.63) is 19.7 Å². The van der Waals surface area contributed by atoms with E-state index in [2.05, 4.69) is 4.99 Å². The van der Waals surface area contributed by atoms with Crippen LogP contribution >= 0.6 is 11.3 Å². The zero-order chi connectivity index (χ0) is 10.8. The average molecular weight is 226 g/mol. The van der Waals surface area contributed by atoms with E-state index in [0.29, 0.717) is 29.0 Å². The molecule has 0 radical (unpaired) electrons. The quantitative estimate of drug-likeness (QED) is 0.601. The van der Waals surface area contributed by atoms with Gasteiger partial charge in [0.05, 0.1) is 13.2 Å². The predicted molar refractivity (Wildman–Crippen MR) is 55.3 cm³/mol. The molecule has 80 valence electrons. The van der Waals surface area contributed by atoms with Gasteiger partial charge < -0.3 is 4.74 Å². The third-order valence-electron chi connectivity index (χ3n) is 1.99. The van der Waals surface area contributed by atoms with Crippen LogP contribution in [0, 0.1) is 0 Å². The van der Waals surface area contributed by atoms with Crippen molar-refractivity contribution in [2.24, 2.45) is 4.99 Å². The third-order valence-corrected chi connectivity index (χ3v) is 3.04. The van der Waals surface area contributed by atoms with Gasteiger partial charge in [-0.2, -0.15) is 0 Å². The number of aromatic nitrogens is 1. The van der Waals surface area contributed by atoms with E-state index in [-0.39, 0.29) is 5.56 Å². The third kappa shape index (κ3) is 1.85. The van der Waals surface area contributed by atoms with Crippen molar-refractivity contribution in [2.75, 3.05) is 13.2 Å². The van der Waals surface area contributed by atoms with Crippen LogP contribution in [0.1, 0.15) is 6.92 Å². The molecular weight excluding hydrogens is 216 g/mol. The van der Waals surface area contributed by atoms with E-state index in [1.54, 1.807) is 11.5 Å². The molecule has 6 heteroatoms. The van der Waals surface area contributed by atoms with E-state index in [1.807, 2.05) is 0 Å². The van der Waals surface area contributed by atoms with Crippen molar-refractivity contribution in [3.8, 4) is 0 Å². The molecule has 0 unspecified atom stereocenters. The first-order valence-electron chi connectivity index (χ1n) is 4.65. The summed E-state index contributed by atoms with van der Waals surface area (Å²) in [5.74, 6) is -0.477. The molecule has 0 saturated heterocycles. The van der Waals surface area contributed by atoms with Gasteiger partial charge in [0, 0.05) is 12.6 Å². The number of ether oxygens (including phenoxy) is 1. The van der Waals surface area contributed by atoms with E-state index in [1.165, 1.54) is 17.4 Å². The topological polar surface area (TPSA) is 60.7 Å². The number of carbonyl (C=O) groups excluding carboxylic acids is 1. The Bertz CT molecular complexity index is 555. The van der Waals surface area contributed by atoms with Crippen LogP contribution in [0.4, 0.5) is 0 Å². The fourth-order valence-electron chi connectivity index (χ4n) is 1.36. The number of esters is 1. The van der Waals surface area contributed by atoms with Gasteiger partial charge in [-0.1, -0.05) is 11.3 Å². The number of hydrogen-bond donors (Lipinski definition) is 0. The van der Waals surface area contributed by atoms with Gasteiger partial charge in [-0.05, 0) is 6.92 Å². The standard InChI is InChI=1S/C9H10N2O3S/c1-2-14-7(12)5-6-8(13)11-4-3-10-9(11)15-6/h5H,2-4H2,1H3/b6-5+. The second-order valence-corrected chi connectivity index (χ2v) is 3.99. The molecule has 0 aromatic carbocycles. The predicted octanol–water partition coefficient (Wildman–Crippen LogP) is -1.11. The summed E-state index contributed by atoms with van der Waals surface area (Å²) in [5, 5.41) is 0. The minimum absolute atomic E-state index is 0.149. The highest BCUT2D eigenvalue weighted by atomic mass is 32.1. The van der Waals surface area contributed by atoms with Gasteiger partial charge in [-0.3, -0.25) is 14.4 Å². The Hall–Kier alpha value is -1.43. The molecule has 0 fully saturated rings. The molecule has 0 bridgehead atoms. The van der Waals surface area contributed by atoms with Crippen molar-refractivity contribution in [3.63, 3.8) is 0 Å². The Morgan fingerprint density at radius 3 is 3.20 bits per heavy atom. The van der Waals surface area contributed by atoms with Gasteiger partial charge in [0.2, 0.25) is 0 Å². The second kappa shape index (κ2) is 3.98. The van der Waals surface area contributed by atoms with Gasteiger partial charge >= 0.3 is 5.97 Å². The van der Waals surface area contributed by atoms with E-state index < -0.39 is 5.97 Å². The Labute approximate surface area is 89.3 Å². The lowest BCUT2D eigenvalue weighted by Gasteiger charge is -1.92. The highest BCUT2D eigenvalue weighted by Crippen LogP contribution is 1.87. The van der Waals surface area contributed by atoms with Crippen molar-refractivity contribution < 1.29 is 9.53 Å². The largest absolute Gasteiger partial charge is 0.463 e. The molecule has 2 rings (SSSR count). The summed E-state index contributed by atoms with van der Waals surface area (Å²) in [6.07, 6.45) is 1.23. The Morgan fingerprint density at radius 2 is 2.53 bits per heavy atom. The maximum absolute atomic E-state index is 11.7. The molecule has 0 saturated carbocycles. The van der Waals surface area contributed by atoms with Gasteiger partial charge in [-0.15, -0.1) is 0 Å². The molecule has 1 aliphatic heterocycles. The van der Waals surface area contributed by atoms with Crippen LogP contribution in [0.5, 0.6) is 0 Å². The van der Waals surface area contributed by atoms with Crippen molar-refractivity contribution in [2.45, 2.75) is 13.5 Å². The van der Waals surface area contributed by atoms with Crippen LogP contribution in [0.25, 0.3) is 6.08 Å². The summed E-state index contributed by atoms with van der Waals surface area (Å²) in [6.45, 7) is 3.30. The van der Waals surface area contributed by atoms with E-state index >= 15 is 0 Å². The molecule has 1 aromatic heterocycles. The van der Waals surface area contributed by atoms with E-state index in [4.69, 9.17) is 4.74 Å². The lowest BCUT2D eigenvalue weighted by atomic mass is 10.5. The first kappa shape index (κ1) is 10.1. The molecule has 5 nitrogen and oxygen atoms in total. The van der Waals surface area contributed by atoms with Crippen molar-refractivity contribution in [1.29, 1.82) is 0 Å². The van der Waals surface area contributed by atoms with Crippen molar-refractivity contribution in [1.82, 2.24) is 4.57 Å². The zero-order valence-electron chi connectivity index (χ0n) is 8.23. The summed E-state index contributed by atoms with van der Waals surface area (Å²) < 4.78 is 6.71. The number of hydrogen-bond acceptors (Lipinski definition) is 5. The summed E-state index contributed by atoms with van der Waals surface area (Å²) in [7, 11) is 0. The van der Waals surface area contributed by atoms with Gasteiger partial charge in [0.25, 0.3) is 5.56 Å². The molecule has 0 amide bonds. The van der Waals surface area contributed by atoms with Crippen molar-refractivity contribution >= 4 is 23.4 Å². The maximum Gasteiger partial charge on any atom is 0.332 e. The Morgan fingerprint density at radius 1 is 1.73 bits per heavy atom. The monoisotopic (exact) mass is 226 g/mol. The van der Waals surface area contributed by atoms with Crippen LogP contribution in [0.3, 0.4) is 0 Å². The van der Waals surface area contributed by atoms with Gasteiger partial charge in [-0.25, -0.2) is 4.79 Å².